The molecule has 0 aliphatic rings. The molecule has 0 spiro atoms. The monoisotopic (exact) mass is 358 g/mol. The lowest BCUT2D eigenvalue weighted by molar-refractivity contribution is 0.180. The third-order valence-electron chi connectivity index (χ3n) is 1.64. The molecule has 0 unspecified atom stereocenters. The lowest BCUT2D eigenvalue weighted by Gasteiger charge is -2.06. The molecule has 0 fully saturated rings. The minimum atomic E-state index is 0.476. The molecule has 1 aromatic rings. The third kappa shape index (κ3) is 4.05. The number of thioether (sulfide) groups is 1. The number of methoxy groups -OCH3 is 1. The van der Waals surface area contributed by atoms with E-state index in [4.69, 9.17) is 16.3 Å². The maximum Gasteiger partial charge on any atom is 0.146 e. The first-order valence-corrected chi connectivity index (χ1v) is 7.07. The van der Waals surface area contributed by atoms with Crippen molar-refractivity contribution in [2.45, 2.75) is 19.3 Å². The summed E-state index contributed by atoms with van der Waals surface area (Å²) in [5, 5.41) is 0.518. The van der Waals surface area contributed by atoms with Gasteiger partial charge in [0.15, 0.2) is 0 Å². The second-order valence-electron chi connectivity index (χ2n) is 2.76. The van der Waals surface area contributed by atoms with Crippen LogP contribution in [-0.4, -0.2) is 22.8 Å². The lowest BCUT2D eigenvalue weighted by atomic mass is 10.4. The van der Waals surface area contributed by atoms with Gasteiger partial charge in [-0.25, -0.2) is 9.97 Å². The minimum absolute atomic E-state index is 0.476. The van der Waals surface area contributed by atoms with Gasteiger partial charge in [0.1, 0.15) is 11.0 Å². The fraction of sp³-hybridized carbons (Fsp3) is 0.556. The van der Waals surface area contributed by atoms with Crippen molar-refractivity contribution in [1.29, 1.82) is 0 Å². The molecular weight excluding hydrogens is 347 g/mol. The first-order valence-electron chi connectivity index (χ1n) is 4.46. The Hall–Kier alpha value is 0.410. The summed E-state index contributed by atoms with van der Waals surface area (Å²) in [6.07, 6.45) is 0. The van der Waals surface area contributed by atoms with Crippen LogP contribution >= 0.6 is 46.0 Å². The number of aromatic nitrogens is 2. The molecular formula is C9H12ClIN2OS. The van der Waals surface area contributed by atoms with Crippen molar-refractivity contribution >= 4 is 46.0 Å². The minimum Gasteiger partial charge on any atom is -0.378 e. The Bertz CT molecular complexity index is 338. The highest BCUT2D eigenvalue weighted by Crippen LogP contribution is 2.21. The van der Waals surface area contributed by atoms with Crippen LogP contribution in [0.5, 0.6) is 0 Å². The van der Waals surface area contributed by atoms with E-state index in [9.17, 15) is 0 Å². The van der Waals surface area contributed by atoms with Gasteiger partial charge in [0, 0.05) is 7.11 Å². The van der Waals surface area contributed by atoms with Crippen LogP contribution in [-0.2, 0) is 17.1 Å². The van der Waals surface area contributed by atoms with Gasteiger partial charge >= 0.3 is 0 Å². The largest absolute Gasteiger partial charge is 0.378 e. The quantitative estimate of drug-likeness (QED) is 0.598. The zero-order valence-corrected chi connectivity index (χ0v) is 12.3. The molecule has 1 aromatic heterocycles. The molecule has 0 atom stereocenters. The van der Waals surface area contributed by atoms with Crippen LogP contribution in [0.2, 0.25) is 5.15 Å². The average molecular weight is 359 g/mol. The first-order chi connectivity index (χ1) is 7.19. The summed E-state index contributed by atoms with van der Waals surface area (Å²) in [6.45, 7) is 2.58. The Morgan fingerprint density at radius 1 is 1.47 bits per heavy atom. The van der Waals surface area contributed by atoms with E-state index in [1.165, 1.54) is 0 Å². The van der Waals surface area contributed by atoms with Crippen LogP contribution in [0.3, 0.4) is 0 Å². The van der Waals surface area contributed by atoms with Crippen molar-refractivity contribution in [1.82, 2.24) is 9.97 Å². The van der Waals surface area contributed by atoms with Crippen LogP contribution in [0.15, 0.2) is 0 Å². The van der Waals surface area contributed by atoms with Crippen LogP contribution in [0.25, 0.3) is 0 Å². The van der Waals surface area contributed by atoms with E-state index in [0.29, 0.717) is 11.8 Å². The molecule has 1 rings (SSSR count). The van der Waals surface area contributed by atoms with Crippen molar-refractivity contribution in [3.05, 3.63) is 20.2 Å². The van der Waals surface area contributed by atoms with Crippen molar-refractivity contribution < 1.29 is 4.74 Å². The number of hydrogen-bond acceptors (Lipinski definition) is 4. The molecule has 0 aliphatic carbocycles. The molecule has 0 saturated heterocycles. The SMILES string of the molecule is CCSCc1nc(Cl)c(I)c(COC)n1. The molecule has 1 heterocycles. The van der Waals surface area contributed by atoms with Crippen molar-refractivity contribution in [2.75, 3.05) is 12.9 Å². The average Bonchev–Trinajstić information content (AvgIpc) is 2.22. The molecule has 0 aromatic carbocycles. The van der Waals surface area contributed by atoms with Crippen molar-refractivity contribution in [3.8, 4) is 0 Å². The standard InChI is InChI=1S/C9H12ClIN2OS/c1-3-15-5-7-12-6(4-14-2)8(11)9(10)13-7/h3-5H2,1-2H3. The molecule has 0 radical (unpaired) electrons. The molecule has 0 bridgehead atoms. The van der Waals surface area contributed by atoms with Gasteiger partial charge in [-0.05, 0) is 28.3 Å². The van der Waals surface area contributed by atoms with Crippen molar-refractivity contribution in [3.63, 3.8) is 0 Å². The summed E-state index contributed by atoms with van der Waals surface area (Å²) in [6, 6.07) is 0. The van der Waals surface area contributed by atoms with Crippen LogP contribution in [0, 0.1) is 3.57 Å². The highest BCUT2D eigenvalue weighted by atomic mass is 127. The smallest absolute Gasteiger partial charge is 0.146 e. The van der Waals surface area contributed by atoms with Gasteiger partial charge in [0.25, 0.3) is 0 Å². The van der Waals surface area contributed by atoms with E-state index in [1.54, 1.807) is 18.9 Å². The lowest BCUT2D eigenvalue weighted by Crippen LogP contribution is -2.04. The summed E-state index contributed by atoms with van der Waals surface area (Å²) in [4.78, 5) is 8.64. The zero-order chi connectivity index (χ0) is 11.3. The summed E-state index contributed by atoms with van der Waals surface area (Å²) in [7, 11) is 1.65. The topological polar surface area (TPSA) is 35.0 Å². The van der Waals surface area contributed by atoms with Crippen molar-refractivity contribution in [2.24, 2.45) is 0 Å². The predicted octanol–water partition coefficient (Wildman–Crippen LogP) is 3.13. The normalized spacial score (nSPS) is 10.7. The number of rotatable bonds is 5. The molecule has 0 amide bonds. The van der Waals surface area contributed by atoms with Crippen LogP contribution < -0.4 is 0 Å². The highest BCUT2D eigenvalue weighted by Gasteiger charge is 2.10. The summed E-state index contributed by atoms with van der Waals surface area (Å²) in [5.41, 5.74) is 0.866. The molecule has 3 nitrogen and oxygen atoms in total. The molecule has 0 saturated carbocycles. The van der Waals surface area contributed by atoms with Crippen LogP contribution in [0.1, 0.15) is 18.4 Å². The maximum absolute atomic E-state index is 6.01. The molecule has 6 heteroatoms. The van der Waals surface area contributed by atoms with Gasteiger partial charge in [0.05, 0.1) is 21.6 Å². The fourth-order valence-corrected chi connectivity index (χ4v) is 2.12. The summed E-state index contributed by atoms with van der Waals surface area (Å²) < 4.78 is 5.94. The second kappa shape index (κ2) is 6.88. The number of nitrogens with zero attached hydrogens (tertiary/aromatic N) is 2. The molecule has 0 N–H and O–H groups in total. The molecule has 0 aliphatic heterocycles. The summed E-state index contributed by atoms with van der Waals surface area (Å²) >= 11 is 9.92. The Kier molecular flexibility index (Phi) is 6.18. The van der Waals surface area contributed by atoms with Gasteiger partial charge in [-0.15, -0.1) is 0 Å². The zero-order valence-electron chi connectivity index (χ0n) is 8.59. The fourth-order valence-electron chi connectivity index (χ4n) is 1.00. The van der Waals surface area contributed by atoms with Gasteiger partial charge in [-0.1, -0.05) is 18.5 Å². The molecule has 84 valence electrons. The van der Waals surface area contributed by atoms with E-state index < -0.39 is 0 Å². The van der Waals surface area contributed by atoms with Crippen LogP contribution in [0.4, 0.5) is 0 Å². The van der Waals surface area contributed by atoms with E-state index in [0.717, 1.165) is 26.6 Å². The van der Waals surface area contributed by atoms with Gasteiger partial charge in [0.2, 0.25) is 0 Å². The Balaban J connectivity index is 2.90. The van der Waals surface area contributed by atoms with Gasteiger partial charge in [-0.3, -0.25) is 0 Å². The second-order valence-corrected chi connectivity index (χ2v) is 5.47. The van der Waals surface area contributed by atoms with E-state index in [-0.39, 0.29) is 0 Å². The number of hydrogen-bond donors (Lipinski definition) is 0. The third-order valence-corrected chi connectivity index (χ3v) is 4.24. The number of halogens is 2. The van der Waals surface area contributed by atoms with E-state index >= 15 is 0 Å². The number of ether oxygens (including phenoxy) is 1. The van der Waals surface area contributed by atoms with E-state index in [2.05, 4.69) is 39.5 Å². The molecule has 15 heavy (non-hydrogen) atoms. The Labute approximate surface area is 112 Å². The Morgan fingerprint density at radius 2 is 2.20 bits per heavy atom. The summed E-state index contributed by atoms with van der Waals surface area (Å²) in [5.74, 6) is 2.62. The predicted molar refractivity (Wildman–Crippen MR) is 72.3 cm³/mol. The first kappa shape index (κ1) is 13.5. The Morgan fingerprint density at radius 3 is 2.80 bits per heavy atom. The van der Waals surface area contributed by atoms with Gasteiger partial charge < -0.3 is 4.74 Å². The van der Waals surface area contributed by atoms with Gasteiger partial charge in [-0.2, -0.15) is 11.8 Å². The maximum atomic E-state index is 6.01. The highest BCUT2D eigenvalue weighted by molar-refractivity contribution is 14.1. The van der Waals surface area contributed by atoms with E-state index in [1.807, 2.05) is 0 Å².